The highest BCUT2D eigenvalue weighted by molar-refractivity contribution is 5.87. The topological polar surface area (TPSA) is 53.4 Å². The van der Waals surface area contributed by atoms with E-state index in [2.05, 4.69) is 5.10 Å². The first-order valence-corrected chi connectivity index (χ1v) is 7.71. The average molecular weight is 318 g/mol. The van der Waals surface area contributed by atoms with Crippen LogP contribution in [0.1, 0.15) is 36.2 Å². The van der Waals surface area contributed by atoms with E-state index in [1.807, 2.05) is 0 Å². The molecule has 0 spiro atoms. The molecular formula is C17H19FN2O3. The van der Waals surface area contributed by atoms with Gasteiger partial charge in [0.15, 0.2) is 5.69 Å². The number of benzene rings is 1. The lowest BCUT2D eigenvalue weighted by atomic mass is 9.95. The number of nitrogens with zero attached hydrogens (tertiary/aromatic N) is 2. The van der Waals surface area contributed by atoms with Gasteiger partial charge in [-0.2, -0.15) is 5.10 Å². The van der Waals surface area contributed by atoms with Crippen molar-refractivity contribution in [3.05, 3.63) is 48.0 Å². The van der Waals surface area contributed by atoms with E-state index < -0.39 is 5.97 Å². The third-order valence-electron chi connectivity index (χ3n) is 4.06. The van der Waals surface area contributed by atoms with Crippen molar-refractivity contribution in [2.45, 2.75) is 37.9 Å². The van der Waals surface area contributed by atoms with Crippen molar-refractivity contribution < 1.29 is 18.7 Å². The maximum absolute atomic E-state index is 13.3. The monoisotopic (exact) mass is 318 g/mol. The van der Waals surface area contributed by atoms with Crippen LogP contribution in [-0.2, 0) is 9.47 Å². The number of methoxy groups -OCH3 is 1. The Morgan fingerprint density at radius 3 is 2.91 bits per heavy atom. The summed E-state index contributed by atoms with van der Waals surface area (Å²) in [6.45, 7) is 0. The van der Waals surface area contributed by atoms with Crippen molar-refractivity contribution in [2.75, 3.05) is 7.11 Å². The predicted octanol–water partition coefficient (Wildman–Crippen LogP) is 3.13. The molecule has 0 bridgehead atoms. The zero-order valence-electron chi connectivity index (χ0n) is 12.9. The van der Waals surface area contributed by atoms with Crippen molar-refractivity contribution in [2.24, 2.45) is 0 Å². The largest absolute Gasteiger partial charge is 0.458 e. The lowest BCUT2D eigenvalue weighted by molar-refractivity contribution is -0.0153. The molecule has 122 valence electrons. The number of ether oxygens (including phenoxy) is 2. The second kappa shape index (κ2) is 6.91. The molecular weight excluding hydrogens is 299 g/mol. The fourth-order valence-corrected chi connectivity index (χ4v) is 2.83. The van der Waals surface area contributed by atoms with E-state index in [0.29, 0.717) is 12.1 Å². The summed E-state index contributed by atoms with van der Waals surface area (Å²) in [6, 6.07) is 7.60. The Hall–Kier alpha value is -2.21. The normalized spacial score (nSPS) is 21.1. The smallest absolute Gasteiger partial charge is 0.359 e. The first-order chi connectivity index (χ1) is 11.2. The van der Waals surface area contributed by atoms with E-state index in [4.69, 9.17) is 9.47 Å². The van der Waals surface area contributed by atoms with Crippen LogP contribution in [0.4, 0.5) is 4.39 Å². The summed E-state index contributed by atoms with van der Waals surface area (Å²) in [6.07, 6.45) is 5.16. The maximum Gasteiger partial charge on any atom is 0.359 e. The van der Waals surface area contributed by atoms with Crippen molar-refractivity contribution in [1.29, 1.82) is 0 Å². The molecule has 0 aliphatic heterocycles. The van der Waals surface area contributed by atoms with Gasteiger partial charge in [0.1, 0.15) is 11.9 Å². The van der Waals surface area contributed by atoms with Crippen LogP contribution < -0.4 is 0 Å². The van der Waals surface area contributed by atoms with Crippen molar-refractivity contribution in [3.8, 4) is 5.69 Å². The number of hydrogen-bond donors (Lipinski definition) is 0. The molecule has 1 fully saturated rings. The Morgan fingerprint density at radius 2 is 2.13 bits per heavy atom. The van der Waals surface area contributed by atoms with Gasteiger partial charge in [0, 0.05) is 19.7 Å². The minimum absolute atomic E-state index is 0.138. The molecule has 0 radical (unpaired) electrons. The number of halogens is 1. The molecule has 1 saturated carbocycles. The van der Waals surface area contributed by atoms with Crippen molar-refractivity contribution in [3.63, 3.8) is 0 Å². The van der Waals surface area contributed by atoms with Gasteiger partial charge in [0.2, 0.25) is 0 Å². The Bertz CT molecular complexity index is 686. The second-order valence-electron chi connectivity index (χ2n) is 5.68. The number of hydrogen-bond acceptors (Lipinski definition) is 4. The Morgan fingerprint density at radius 1 is 1.30 bits per heavy atom. The minimum Gasteiger partial charge on any atom is -0.458 e. The van der Waals surface area contributed by atoms with E-state index in [9.17, 15) is 9.18 Å². The Labute approximate surface area is 134 Å². The zero-order chi connectivity index (χ0) is 16.2. The SMILES string of the molecule is COC1CCCC(OC(=O)c2ccn(-c3cccc(F)c3)n2)C1. The molecule has 6 heteroatoms. The highest BCUT2D eigenvalue weighted by Gasteiger charge is 2.25. The van der Waals surface area contributed by atoms with Crippen LogP contribution >= 0.6 is 0 Å². The summed E-state index contributed by atoms with van der Waals surface area (Å²) in [4.78, 5) is 12.2. The highest BCUT2D eigenvalue weighted by Crippen LogP contribution is 2.23. The van der Waals surface area contributed by atoms with Gasteiger partial charge in [-0.05, 0) is 43.5 Å². The van der Waals surface area contributed by atoms with Crippen LogP contribution in [0, 0.1) is 5.82 Å². The molecule has 0 saturated heterocycles. The zero-order valence-corrected chi connectivity index (χ0v) is 12.9. The number of aromatic nitrogens is 2. The van der Waals surface area contributed by atoms with Gasteiger partial charge >= 0.3 is 5.97 Å². The molecule has 0 amide bonds. The maximum atomic E-state index is 13.3. The quantitative estimate of drug-likeness (QED) is 0.813. The van der Waals surface area contributed by atoms with Gasteiger partial charge < -0.3 is 9.47 Å². The van der Waals surface area contributed by atoms with Crippen LogP contribution in [0.2, 0.25) is 0 Å². The third kappa shape index (κ3) is 3.76. The summed E-state index contributed by atoms with van der Waals surface area (Å²) < 4.78 is 25.6. The number of carbonyl (C=O) groups is 1. The van der Waals surface area contributed by atoms with Gasteiger partial charge in [0.05, 0.1) is 11.8 Å². The molecule has 1 aromatic carbocycles. The number of rotatable bonds is 4. The lowest BCUT2D eigenvalue weighted by Gasteiger charge is -2.27. The molecule has 2 aromatic rings. The second-order valence-corrected chi connectivity index (χ2v) is 5.68. The summed E-state index contributed by atoms with van der Waals surface area (Å²) in [5, 5.41) is 4.17. The van der Waals surface area contributed by atoms with E-state index in [-0.39, 0.29) is 23.7 Å². The Kier molecular flexibility index (Phi) is 4.71. The molecule has 5 nitrogen and oxygen atoms in total. The molecule has 1 heterocycles. The molecule has 23 heavy (non-hydrogen) atoms. The van der Waals surface area contributed by atoms with Gasteiger partial charge in [-0.1, -0.05) is 6.07 Å². The van der Waals surface area contributed by atoms with Gasteiger partial charge in [0.25, 0.3) is 0 Å². The number of esters is 1. The van der Waals surface area contributed by atoms with E-state index in [0.717, 1.165) is 19.3 Å². The van der Waals surface area contributed by atoms with Crippen LogP contribution in [0.3, 0.4) is 0 Å². The van der Waals surface area contributed by atoms with E-state index in [1.165, 1.54) is 16.8 Å². The van der Waals surface area contributed by atoms with E-state index in [1.54, 1.807) is 31.5 Å². The van der Waals surface area contributed by atoms with Crippen LogP contribution in [-0.4, -0.2) is 35.1 Å². The standard InChI is InChI=1S/C17H19FN2O3/c1-22-14-6-3-7-15(11-14)23-17(21)16-8-9-20(19-16)13-5-2-4-12(18)10-13/h2,4-5,8-10,14-15H,3,6-7,11H2,1H3. The predicted molar refractivity (Wildman–Crippen MR) is 82.0 cm³/mol. The van der Waals surface area contributed by atoms with Crippen molar-refractivity contribution in [1.82, 2.24) is 9.78 Å². The molecule has 2 unspecified atom stereocenters. The first kappa shape index (κ1) is 15.7. The van der Waals surface area contributed by atoms with E-state index >= 15 is 0 Å². The summed E-state index contributed by atoms with van der Waals surface area (Å²) in [5.74, 6) is -0.808. The van der Waals surface area contributed by atoms with Gasteiger partial charge in [-0.3, -0.25) is 0 Å². The van der Waals surface area contributed by atoms with Crippen LogP contribution in [0.25, 0.3) is 5.69 Å². The molecule has 2 atom stereocenters. The fourth-order valence-electron chi connectivity index (χ4n) is 2.83. The number of carbonyl (C=O) groups excluding carboxylic acids is 1. The first-order valence-electron chi connectivity index (χ1n) is 7.71. The van der Waals surface area contributed by atoms with Crippen LogP contribution in [0.5, 0.6) is 0 Å². The van der Waals surface area contributed by atoms with Gasteiger partial charge in [-0.15, -0.1) is 0 Å². The minimum atomic E-state index is -0.457. The summed E-state index contributed by atoms with van der Waals surface area (Å²) >= 11 is 0. The summed E-state index contributed by atoms with van der Waals surface area (Å²) in [5.41, 5.74) is 0.773. The molecule has 1 aromatic heterocycles. The van der Waals surface area contributed by atoms with Crippen molar-refractivity contribution >= 4 is 5.97 Å². The lowest BCUT2D eigenvalue weighted by Crippen LogP contribution is -2.29. The summed E-state index contributed by atoms with van der Waals surface area (Å²) in [7, 11) is 1.68. The molecule has 1 aliphatic carbocycles. The van der Waals surface area contributed by atoms with Crippen LogP contribution in [0.15, 0.2) is 36.5 Å². The molecule has 0 N–H and O–H groups in total. The average Bonchev–Trinajstić information content (AvgIpc) is 3.05. The van der Waals surface area contributed by atoms with Gasteiger partial charge in [-0.25, -0.2) is 13.9 Å². The molecule has 1 aliphatic rings. The highest BCUT2D eigenvalue weighted by atomic mass is 19.1. The third-order valence-corrected chi connectivity index (χ3v) is 4.06. The Balaban J connectivity index is 1.67. The molecule has 3 rings (SSSR count). The fraction of sp³-hybridized carbons (Fsp3) is 0.412.